The molecular weight excluding hydrogens is 408 g/mol. The van der Waals surface area contributed by atoms with E-state index in [1.807, 2.05) is 91.0 Å². The Kier molecular flexibility index (Phi) is 6.22. The molecule has 0 aliphatic carbocycles. The molecule has 34 heavy (non-hydrogen) atoms. The molecule has 0 radical (unpaired) electrons. The molecule has 0 unspecified atom stereocenters. The standard InChI is InChI=1S/C34H20/c1-4-10-27(11-5-1)16-17-30-20-25-34-32(26-30)23-22-31(21-18-28-12-6-2-7-13-28)33(34)24-19-29-14-8-3-9-15-29/h1-15,20,22-23,25-26H. The van der Waals surface area contributed by atoms with E-state index in [1.54, 1.807) is 0 Å². The quantitative estimate of drug-likeness (QED) is 0.232. The second kappa shape index (κ2) is 10.1. The van der Waals surface area contributed by atoms with Crippen molar-refractivity contribution in [1.29, 1.82) is 0 Å². The highest BCUT2D eigenvalue weighted by molar-refractivity contribution is 5.91. The largest absolute Gasteiger partial charge is 0.0622 e. The van der Waals surface area contributed by atoms with Gasteiger partial charge in [-0.2, -0.15) is 0 Å². The maximum Gasteiger partial charge on any atom is 0.0484 e. The van der Waals surface area contributed by atoms with E-state index in [1.165, 1.54) is 0 Å². The number of rotatable bonds is 0. The lowest BCUT2D eigenvalue weighted by Gasteiger charge is -2.05. The van der Waals surface area contributed by atoms with E-state index < -0.39 is 0 Å². The Bertz CT molecular complexity index is 1620. The molecular formula is C34H20. The van der Waals surface area contributed by atoms with Crippen LogP contribution in [0.1, 0.15) is 33.4 Å². The minimum absolute atomic E-state index is 0.919. The van der Waals surface area contributed by atoms with Gasteiger partial charge in [0.1, 0.15) is 0 Å². The summed E-state index contributed by atoms with van der Waals surface area (Å²) in [6, 6.07) is 40.5. The second-order valence-electron chi connectivity index (χ2n) is 7.77. The lowest BCUT2D eigenvalue weighted by Crippen LogP contribution is -1.89. The second-order valence-corrected chi connectivity index (χ2v) is 7.77. The lowest BCUT2D eigenvalue weighted by molar-refractivity contribution is 1.60. The van der Waals surface area contributed by atoms with Gasteiger partial charge in [0.25, 0.3) is 0 Å². The molecule has 0 amide bonds. The van der Waals surface area contributed by atoms with Crippen LogP contribution in [0.2, 0.25) is 0 Å². The van der Waals surface area contributed by atoms with Gasteiger partial charge < -0.3 is 0 Å². The van der Waals surface area contributed by atoms with Gasteiger partial charge in [0.15, 0.2) is 0 Å². The SMILES string of the molecule is C(#Cc1ccc2c(C#Cc3ccccc3)c(C#Cc3ccccc3)ccc2c1)c1ccccc1. The van der Waals surface area contributed by atoms with Crippen molar-refractivity contribution in [3.8, 4) is 35.5 Å². The molecule has 0 fully saturated rings. The first-order valence-corrected chi connectivity index (χ1v) is 11.1. The first kappa shape index (κ1) is 20.9. The molecule has 5 aromatic carbocycles. The van der Waals surface area contributed by atoms with Crippen molar-refractivity contribution >= 4 is 10.8 Å². The van der Waals surface area contributed by atoms with Crippen molar-refractivity contribution in [2.75, 3.05) is 0 Å². The van der Waals surface area contributed by atoms with Crippen molar-refractivity contribution in [3.05, 3.63) is 155 Å². The van der Waals surface area contributed by atoms with Crippen LogP contribution in [-0.4, -0.2) is 0 Å². The predicted octanol–water partition coefficient (Wildman–Crippen LogP) is 7.04. The van der Waals surface area contributed by atoms with Gasteiger partial charge in [-0.1, -0.05) is 102 Å². The lowest BCUT2D eigenvalue weighted by atomic mass is 9.97. The fourth-order valence-corrected chi connectivity index (χ4v) is 3.63. The Balaban J connectivity index is 1.60. The Morgan fingerprint density at radius 1 is 0.353 bits per heavy atom. The first-order chi connectivity index (χ1) is 16.8. The molecule has 0 bridgehead atoms. The van der Waals surface area contributed by atoms with Crippen LogP contribution in [0, 0.1) is 35.5 Å². The molecule has 0 saturated heterocycles. The number of benzene rings is 5. The summed E-state index contributed by atoms with van der Waals surface area (Å²) in [6.07, 6.45) is 0. The molecule has 0 aliphatic rings. The summed E-state index contributed by atoms with van der Waals surface area (Å²) < 4.78 is 0. The zero-order valence-electron chi connectivity index (χ0n) is 18.5. The van der Waals surface area contributed by atoms with E-state index >= 15 is 0 Å². The molecule has 0 aliphatic heterocycles. The number of fused-ring (bicyclic) bond motifs is 1. The Hall–Kier alpha value is -4.96. The minimum Gasteiger partial charge on any atom is -0.0622 e. The average molecular weight is 429 g/mol. The fraction of sp³-hybridized carbons (Fsp3) is 0. The monoisotopic (exact) mass is 428 g/mol. The van der Waals surface area contributed by atoms with Crippen LogP contribution >= 0.6 is 0 Å². The van der Waals surface area contributed by atoms with Crippen LogP contribution in [0.3, 0.4) is 0 Å². The molecule has 5 rings (SSSR count). The topological polar surface area (TPSA) is 0 Å². The van der Waals surface area contributed by atoms with E-state index in [2.05, 4.69) is 65.9 Å². The normalized spacial score (nSPS) is 9.65. The summed E-state index contributed by atoms with van der Waals surface area (Å²) in [6.45, 7) is 0. The van der Waals surface area contributed by atoms with Crippen LogP contribution in [0.4, 0.5) is 0 Å². The van der Waals surface area contributed by atoms with Gasteiger partial charge in [0.2, 0.25) is 0 Å². The first-order valence-electron chi connectivity index (χ1n) is 11.1. The molecule has 5 aromatic rings. The third-order valence-electron chi connectivity index (χ3n) is 5.37. The van der Waals surface area contributed by atoms with Crippen LogP contribution in [0.15, 0.2) is 121 Å². The van der Waals surface area contributed by atoms with Crippen molar-refractivity contribution in [1.82, 2.24) is 0 Å². The molecule has 0 saturated carbocycles. The van der Waals surface area contributed by atoms with Crippen molar-refractivity contribution in [2.45, 2.75) is 0 Å². The van der Waals surface area contributed by atoms with Crippen LogP contribution < -0.4 is 0 Å². The molecule has 0 nitrogen and oxygen atoms in total. The van der Waals surface area contributed by atoms with E-state index in [4.69, 9.17) is 0 Å². The zero-order chi connectivity index (χ0) is 23.0. The number of hydrogen-bond donors (Lipinski definition) is 0. The van der Waals surface area contributed by atoms with Gasteiger partial charge in [-0.25, -0.2) is 0 Å². The maximum atomic E-state index is 3.40. The highest BCUT2D eigenvalue weighted by Crippen LogP contribution is 2.23. The Morgan fingerprint density at radius 3 is 1.44 bits per heavy atom. The van der Waals surface area contributed by atoms with E-state index in [0.717, 1.165) is 44.2 Å². The average Bonchev–Trinajstić information content (AvgIpc) is 2.91. The van der Waals surface area contributed by atoms with Crippen molar-refractivity contribution in [2.24, 2.45) is 0 Å². The maximum absolute atomic E-state index is 3.40. The fourth-order valence-electron chi connectivity index (χ4n) is 3.63. The number of hydrogen-bond acceptors (Lipinski definition) is 0. The summed E-state index contributed by atoms with van der Waals surface area (Å²) in [5.41, 5.74) is 5.79. The molecule has 0 aromatic heterocycles. The molecule has 0 N–H and O–H groups in total. The molecule has 0 spiro atoms. The third kappa shape index (κ3) is 5.09. The Labute approximate surface area is 200 Å². The van der Waals surface area contributed by atoms with Gasteiger partial charge in [-0.05, 0) is 65.4 Å². The smallest absolute Gasteiger partial charge is 0.0484 e. The molecule has 0 atom stereocenters. The summed E-state index contributed by atoms with van der Waals surface area (Å²) in [5, 5.41) is 2.18. The van der Waals surface area contributed by atoms with Crippen molar-refractivity contribution in [3.63, 3.8) is 0 Å². The molecule has 0 heterocycles. The van der Waals surface area contributed by atoms with E-state index in [0.29, 0.717) is 0 Å². The van der Waals surface area contributed by atoms with Gasteiger partial charge in [0.05, 0.1) is 0 Å². The van der Waals surface area contributed by atoms with Crippen LogP contribution in [0.25, 0.3) is 10.8 Å². The van der Waals surface area contributed by atoms with Gasteiger partial charge >= 0.3 is 0 Å². The van der Waals surface area contributed by atoms with Crippen LogP contribution in [-0.2, 0) is 0 Å². The summed E-state index contributed by atoms with van der Waals surface area (Å²) in [4.78, 5) is 0. The molecule has 156 valence electrons. The Morgan fingerprint density at radius 2 is 0.853 bits per heavy atom. The molecule has 0 heteroatoms. The van der Waals surface area contributed by atoms with Gasteiger partial charge in [-0.15, -0.1) is 0 Å². The minimum atomic E-state index is 0.919. The van der Waals surface area contributed by atoms with E-state index in [-0.39, 0.29) is 0 Å². The van der Waals surface area contributed by atoms with Gasteiger partial charge in [0, 0.05) is 33.4 Å². The zero-order valence-corrected chi connectivity index (χ0v) is 18.5. The van der Waals surface area contributed by atoms with Crippen LogP contribution in [0.5, 0.6) is 0 Å². The highest BCUT2D eigenvalue weighted by atomic mass is 14.1. The van der Waals surface area contributed by atoms with E-state index in [9.17, 15) is 0 Å². The van der Waals surface area contributed by atoms with Gasteiger partial charge in [-0.3, -0.25) is 0 Å². The van der Waals surface area contributed by atoms with Crippen molar-refractivity contribution < 1.29 is 0 Å². The third-order valence-corrected chi connectivity index (χ3v) is 5.37. The highest BCUT2D eigenvalue weighted by Gasteiger charge is 2.05. The summed E-state index contributed by atoms with van der Waals surface area (Å²) in [7, 11) is 0. The summed E-state index contributed by atoms with van der Waals surface area (Å²) >= 11 is 0. The predicted molar refractivity (Wildman–Crippen MR) is 141 cm³/mol. The summed E-state index contributed by atoms with van der Waals surface area (Å²) in [5.74, 6) is 19.8.